The van der Waals surface area contributed by atoms with Crippen molar-refractivity contribution < 1.29 is 13.5 Å². The Morgan fingerprint density at radius 3 is 2.55 bits per heavy atom. The third-order valence-corrected chi connectivity index (χ3v) is 5.63. The number of rotatable bonds is 7. The summed E-state index contributed by atoms with van der Waals surface area (Å²) in [5.41, 5.74) is 1.37. The molecule has 0 fully saturated rings. The molecule has 20 heavy (non-hydrogen) atoms. The highest BCUT2D eigenvalue weighted by Crippen LogP contribution is 2.27. The highest BCUT2D eigenvalue weighted by molar-refractivity contribution is 9.10. The Hall–Kier alpha value is -0.470. The Bertz CT molecular complexity index is 559. The van der Waals surface area contributed by atoms with Gasteiger partial charge in [-0.05, 0) is 67.1 Å². The van der Waals surface area contributed by atoms with E-state index >= 15 is 0 Å². The largest absolute Gasteiger partial charge is 0.392 e. The molecule has 0 aromatic heterocycles. The number of nitrogens with zero attached hydrogens (tertiary/aromatic N) is 1. The fraction of sp³-hybridized carbons (Fsp3) is 0.538. The van der Waals surface area contributed by atoms with E-state index in [1.807, 2.05) is 19.0 Å². The van der Waals surface area contributed by atoms with Crippen molar-refractivity contribution in [3.63, 3.8) is 0 Å². The van der Waals surface area contributed by atoms with Gasteiger partial charge in [0.15, 0.2) is 0 Å². The van der Waals surface area contributed by atoms with Gasteiger partial charge >= 0.3 is 0 Å². The Balaban J connectivity index is 2.89. The van der Waals surface area contributed by atoms with Crippen LogP contribution in [0.4, 0.5) is 0 Å². The molecule has 0 radical (unpaired) electrons. The smallest absolute Gasteiger partial charge is 0.241 e. The summed E-state index contributed by atoms with van der Waals surface area (Å²) in [6.07, 6.45) is 0.739. The summed E-state index contributed by atoms with van der Waals surface area (Å²) in [6, 6.07) is 3.25. The molecule has 5 nitrogen and oxygen atoms in total. The Morgan fingerprint density at radius 1 is 1.35 bits per heavy atom. The maximum atomic E-state index is 12.3. The van der Waals surface area contributed by atoms with Gasteiger partial charge in [0.05, 0.1) is 11.5 Å². The molecule has 0 unspecified atom stereocenters. The van der Waals surface area contributed by atoms with Crippen molar-refractivity contribution in [3.05, 3.63) is 27.7 Å². The van der Waals surface area contributed by atoms with Crippen molar-refractivity contribution in [2.24, 2.45) is 0 Å². The molecular formula is C13H21BrN2O3S. The molecule has 1 rings (SSSR count). The monoisotopic (exact) mass is 364 g/mol. The van der Waals surface area contributed by atoms with Gasteiger partial charge in [0, 0.05) is 11.0 Å². The molecular weight excluding hydrogens is 344 g/mol. The van der Waals surface area contributed by atoms with Gasteiger partial charge in [0.25, 0.3) is 0 Å². The van der Waals surface area contributed by atoms with Gasteiger partial charge in [0.1, 0.15) is 0 Å². The van der Waals surface area contributed by atoms with Crippen LogP contribution >= 0.6 is 15.9 Å². The lowest BCUT2D eigenvalue weighted by molar-refractivity contribution is 0.281. The quantitative estimate of drug-likeness (QED) is 0.719. The molecule has 0 aliphatic carbocycles. The Labute approximate surface area is 129 Å². The first kappa shape index (κ1) is 17.6. The zero-order chi connectivity index (χ0) is 15.3. The average molecular weight is 365 g/mol. The number of sulfonamides is 1. The van der Waals surface area contributed by atoms with Crippen LogP contribution in [-0.4, -0.2) is 45.6 Å². The van der Waals surface area contributed by atoms with Crippen LogP contribution in [0.2, 0.25) is 0 Å². The minimum Gasteiger partial charge on any atom is -0.392 e. The number of aliphatic hydroxyl groups excluding tert-OH is 1. The van der Waals surface area contributed by atoms with Crippen molar-refractivity contribution in [2.75, 3.05) is 27.2 Å². The van der Waals surface area contributed by atoms with Gasteiger partial charge in [-0.2, -0.15) is 0 Å². The van der Waals surface area contributed by atoms with Crippen LogP contribution in [-0.2, 0) is 16.6 Å². The van der Waals surface area contributed by atoms with Crippen LogP contribution in [0.25, 0.3) is 0 Å². The summed E-state index contributed by atoms with van der Waals surface area (Å²) in [4.78, 5) is 2.17. The SMILES string of the molecule is Cc1cc(CO)cc(S(=O)(=O)NCCCN(C)C)c1Br. The zero-order valence-corrected chi connectivity index (χ0v) is 14.4. The molecule has 1 aromatic rings. The molecule has 0 amide bonds. The Morgan fingerprint density at radius 2 is 2.00 bits per heavy atom. The summed E-state index contributed by atoms with van der Waals surface area (Å²) < 4.78 is 27.7. The van der Waals surface area contributed by atoms with Gasteiger partial charge < -0.3 is 10.0 Å². The zero-order valence-electron chi connectivity index (χ0n) is 12.0. The van der Waals surface area contributed by atoms with Crippen LogP contribution in [0.15, 0.2) is 21.5 Å². The molecule has 0 bridgehead atoms. The lowest BCUT2D eigenvalue weighted by Gasteiger charge is -2.13. The van der Waals surface area contributed by atoms with Gasteiger partial charge in [-0.25, -0.2) is 13.1 Å². The molecule has 0 atom stereocenters. The van der Waals surface area contributed by atoms with Crippen LogP contribution in [0.3, 0.4) is 0 Å². The molecule has 0 saturated heterocycles. The molecule has 0 saturated carbocycles. The standard InChI is InChI=1S/C13H21BrN2O3S/c1-10-7-11(9-17)8-12(13(10)14)20(18,19)15-5-4-6-16(2)3/h7-8,15,17H,4-6,9H2,1-3H3. The lowest BCUT2D eigenvalue weighted by atomic mass is 10.1. The lowest BCUT2D eigenvalue weighted by Crippen LogP contribution is -2.27. The summed E-state index contributed by atoms with van der Waals surface area (Å²) in [7, 11) is 0.317. The van der Waals surface area contributed by atoms with E-state index in [0.717, 1.165) is 18.5 Å². The third-order valence-electron chi connectivity index (χ3n) is 2.83. The minimum atomic E-state index is -3.57. The molecule has 0 heterocycles. The van der Waals surface area contributed by atoms with Gasteiger partial charge in [-0.15, -0.1) is 0 Å². The number of nitrogens with one attached hydrogen (secondary N) is 1. The van der Waals surface area contributed by atoms with Crippen LogP contribution in [0, 0.1) is 6.92 Å². The Kier molecular flexibility index (Phi) is 6.60. The van der Waals surface area contributed by atoms with E-state index in [1.165, 1.54) is 6.07 Å². The first-order chi connectivity index (χ1) is 9.27. The van der Waals surface area contributed by atoms with E-state index in [0.29, 0.717) is 16.6 Å². The van der Waals surface area contributed by atoms with E-state index in [2.05, 4.69) is 20.7 Å². The summed E-state index contributed by atoms with van der Waals surface area (Å²) in [6.45, 7) is 2.82. The summed E-state index contributed by atoms with van der Waals surface area (Å²) in [5, 5.41) is 9.18. The van der Waals surface area contributed by atoms with Crippen molar-refractivity contribution in [1.29, 1.82) is 0 Å². The maximum absolute atomic E-state index is 12.3. The van der Waals surface area contributed by atoms with Gasteiger partial charge in [-0.1, -0.05) is 6.07 Å². The highest BCUT2D eigenvalue weighted by Gasteiger charge is 2.19. The van der Waals surface area contributed by atoms with Gasteiger partial charge in [-0.3, -0.25) is 0 Å². The highest BCUT2D eigenvalue weighted by atomic mass is 79.9. The van der Waals surface area contributed by atoms with Crippen LogP contribution < -0.4 is 4.72 Å². The number of hydrogen-bond acceptors (Lipinski definition) is 4. The molecule has 114 valence electrons. The second-order valence-electron chi connectivity index (χ2n) is 4.94. The fourth-order valence-electron chi connectivity index (χ4n) is 1.78. The molecule has 0 aliphatic rings. The predicted molar refractivity (Wildman–Crippen MR) is 83.2 cm³/mol. The molecule has 0 aliphatic heterocycles. The first-order valence-electron chi connectivity index (χ1n) is 6.32. The van der Waals surface area contributed by atoms with Crippen LogP contribution in [0.1, 0.15) is 17.5 Å². The van der Waals surface area contributed by atoms with Crippen molar-refractivity contribution >= 4 is 26.0 Å². The minimum absolute atomic E-state index is 0.173. The van der Waals surface area contributed by atoms with E-state index in [9.17, 15) is 13.5 Å². The average Bonchev–Trinajstić information content (AvgIpc) is 2.37. The number of benzene rings is 1. The normalized spacial score (nSPS) is 12.1. The number of halogens is 1. The van der Waals surface area contributed by atoms with E-state index in [4.69, 9.17) is 0 Å². The summed E-state index contributed by atoms with van der Waals surface area (Å²) >= 11 is 3.30. The first-order valence-corrected chi connectivity index (χ1v) is 8.60. The topological polar surface area (TPSA) is 69.6 Å². The van der Waals surface area contributed by atoms with Crippen molar-refractivity contribution in [2.45, 2.75) is 24.8 Å². The van der Waals surface area contributed by atoms with E-state index in [1.54, 1.807) is 13.0 Å². The molecule has 1 aromatic carbocycles. The van der Waals surface area contributed by atoms with Crippen molar-refractivity contribution in [3.8, 4) is 0 Å². The van der Waals surface area contributed by atoms with Gasteiger partial charge in [0.2, 0.25) is 10.0 Å². The molecule has 2 N–H and O–H groups in total. The van der Waals surface area contributed by atoms with E-state index < -0.39 is 10.0 Å². The molecule has 7 heteroatoms. The van der Waals surface area contributed by atoms with E-state index in [-0.39, 0.29) is 11.5 Å². The second kappa shape index (κ2) is 7.51. The number of aliphatic hydroxyl groups is 1. The van der Waals surface area contributed by atoms with Crippen molar-refractivity contribution in [1.82, 2.24) is 9.62 Å². The fourth-order valence-corrected chi connectivity index (χ4v) is 3.92. The second-order valence-corrected chi connectivity index (χ2v) is 7.47. The number of hydrogen-bond donors (Lipinski definition) is 2. The molecule has 0 spiro atoms. The summed E-state index contributed by atoms with van der Waals surface area (Å²) in [5.74, 6) is 0. The number of aryl methyl sites for hydroxylation is 1. The predicted octanol–water partition coefficient (Wildman–Crippen LogP) is 1.48. The van der Waals surface area contributed by atoms with Crippen LogP contribution in [0.5, 0.6) is 0 Å². The third kappa shape index (κ3) is 4.82. The maximum Gasteiger partial charge on any atom is 0.241 e.